The van der Waals surface area contributed by atoms with Crippen molar-refractivity contribution in [2.24, 2.45) is 0 Å². The van der Waals surface area contributed by atoms with Crippen LogP contribution in [0.3, 0.4) is 0 Å². The van der Waals surface area contributed by atoms with E-state index in [4.69, 9.17) is 11.6 Å². The van der Waals surface area contributed by atoms with Gasteiger partial charge in [0.05, 0.1) is 5.69 Å². The number of hydrogen-bond acceptors (Lipinski definition) is 2. The Morgan fingerprint density at radius 2 is 1.95 bits per heavy atom. The van der Waals surface area contributed by atoms with Crippen molar-refractivity contribution in [1.82, 2.24) is 4.98 Å². The van der Waals surface area contributed by atoms with Gasteiger partial charge in [-0.25, -0.2) is 4.98 Å². The molecule has 0 saturated heterocycles. The van der Waals surface area contributed by atoms with Crippen LogP contribution in [0.4, 0.5) is 5.69 Å². The summed E-state index contributed by atoms with van der Waals surface area (Å²) in [6, 6.07) is 11.6. The minimum absolute atomic E-state index is 0.238. The molecule has 0 bridgehead atoms. The number of nitrogens with one attached hydrogen (secondary N) is 1. The highest BCUT2D eigenvalue weighted by Gasteiger charge is 2.03. The number of benzene rings is 1. The Bertz CT molecular complexity index is 648. The number of halogens is 1. The normalized spacial score (nSPS) is 11.0. The number of pyridine rings is 1. The Morgan fingerprint density at radius 3 is 2.57 bits per heavy atom. The van der Waals surface area contributed by atoms with Crippen molar-refractivity contribution < 1.29 is 4.79 Å². The molecule has 0 saturated carbocycles. The fourth-order valence-electron chi connectivity index (χ4n) is 1.82. The minimum atomic E-state index is -0.238. The van der Waals surface area contributed by atoms with E-state index < -0.39 is 0 Å². The fraction of sp³-hybridized carbons (Fsp3) is 0.176. The van der Waals surface area contributed by atoms with Crippen molar-refractivity contribution in [3.63, 3.8) is 0 Å². The SMILES string of the molecule is CC(C)c1ccc(C=CC(=O)Nc2cccnc2Cl)cc1. The van der Waals surface area contributed by atoms with E-state index >= 15 is 0 Å². The number of rotatable bonds is 4. The first kappa shape index (κ1) is 15.3. The van der Waals surface area contributed by atoms with Crippen LogP contribution in [0.5, 0.6) is 0 Å². The second-order valence-corrected chi connectivity index (χ2v) is 5.34. The molecule has 1 heterocycles. The average Bonchev–Trinajstić information content (AvgIpc) is 2.48. The molecule has 1 N–H and O–H groups in total. The highest BCUT2D eigenvalue weighted by atomic mass is 35.5. The summed E-state index contributed by atoms with van der Waals surface area (Å²) in [4.78, 5) is 15.7. The standard InChI is InChI=1S/C17H17ClN2O/c1-12(2)14-8-5-13(6-9-14)7-10-16(21)20-15-4-3-11-19-17(15)18/h3-12H,1-2H3,(H,20,21). The lowest BCUT2D eigenvalue weighted by Crippen LogP contribution is -2.08. The maximum absolute atomic E-state index is 11.8. The topological polar surface area (TPSA) is 42.0 Å². The largest absolute Gasteiger partial charge is 0.320 e. The molecule has 0 aliphatic heterocycles. The fourth-order valence-corrected chi connectivity index (χ4v) is 1.98. The zero-order valence-corrected chi connectivity index (χ0v) is 12.8. The number of aromatic nitrogens is 1. The Hall–Kier alpha value is -2.13. The van der Waals surface area contributed by atoms with Crippen molar-refractivity contribution in [2.45, 2.75) is 19.8 Å². The third-order valence-corrected chi connectivity index (χ3v) is 3.35. The van der Waals surface area contributed by atoms with Gasteiger partial charge in [-0.1, -0.05) is 49.7 Å². The predicted molar refractivity (Wildman–Crippen MR) is 87.4 cm³/mol. The van der Waals surface area contributed by atoms with Crippen LogP contribution in [-0.2, 0) is 4.79 Å². The van der Waals surface area contributed by atoms with Gasteiger partial charge in [0, 0.05) is 12.3 Å². The zero-order chi connectivity index (χ0) is 15.2. The Labute approximate surface area is 129 Å². The first-order valence-electron chi connectivity index (χ1n) is 6.76. The van der Waals surface area contributed by atoms with Crippen molar-refractivity contribution in [2.75, 3.05) is 5.32 Å². The van der Waals surface area contributed by atoms with Gasteiger partial charge in [0.15, 0.2) is 5.15 Å². The van der Waals surface area contributed by atoms with Gasteiger partial charge in [0.25, 0.3) is 0 Å². The molecule has 4 heteroatoms. The van der Waals surface area contributed by atoms with E-state index in [-0.39, 0.29) is 11.1 Å². The van der Waals surface area contributed by atoms with Gasteiger partial charge < -0.3 is 5.32 Å². The minimum Gasteiger partial charge on any atom is -0.320 e. The number of hydrogen-bond donors (Lipinski definition) is 1. The highest BCUT2D eigenvalue weighted by molar-refractivity contribution is 6.32. The molecule has 0 aliphatic rings. The summed E-state index contributed by atoms with van der Waals surface area (Å²) in [6.07, 6.45) is 4.82. The molecule has 0 spiro atoms. The molecule has 3 nitrogen and oxygen atoms in total. The second-order valence-electron chi connectivity index (χ2n) is 4.99. The van der Waals surface area contributed by atoms with Crippen LogP contribution in [0.25, 0.3) is 6.08 Å². The lowest BCUT2D eigenvalue weighted by molar-refractivity contribution is -0.111. The Balaban J connectivity index is 2.00. The third-order valence-electron chi connectivity index (χ3n) is 3.05. The van der Waals surface area contributed by atoms with Crippen LogP contribution in [0.1, 0.15) is 30.9 Å². The monoisotopic (exact) mass is 300 g/mol. The smallest absolute Gasteiger partial charge is 0.248 e. The summed E-state index contributed by atoms with van der Waals surface area (Å²) in [5.74, 6) is 0.261. The van der Waals surface area contributed by atoms with E-state index in [9.17, 15) is 4.79 Å². The van der Waals surface area contributed by atoms with Gasteiger partial charge in [-0.3, -0.25) is 4.79 Å². The first-order chi connectivity index (χ1) is 10.1. The summed E-state index contributed by atoms with van der Waals surface area (Å²) in [6.45, 7) is 4.30. The summed E-state index contributed by atoms with van der Waals surface area (Å²) in [5.41, 5.74) is 2.76. The van der Waals surface area contributed by atoms with E-state index in [0.717, 1.165) is 5.56 Å². The molecular formula is C17H17ClN2O. The molecule has 1 aromatic carbocycles. The van der Waals surface area contributed by atoms with Crippen LogP contribution in [0.2, 0.25) is 5.15 Å². The molecule has 0 fully saturated rings. The van der Waals surface area contributed by atoms with Gasteiger partial charge in [-0.15, -0.1) is 0 Å². The van der Waals surface area contributed by atoms with Gasteiger partial charge in [0.2, 0.25) is 5.91 Å². The van der Waals surface area contributed by atoms with Crippen molar-refractivity contribution in [3.8, 4) is 0 Å². The maximum Gasteiger partial charge on any atom is 0.248 e. The number of amides is 1. The van der Waals surface area contributed by atoms with Gasteiger partial charge in [-0.2, -0.15) is 0 Å². The van der Waals surface area contributed by atoms with E-state index in [2.05, 4.69) is 36.3 Å². The molecule has 0 atom stereocenters. The van der Waals surface area contributed by atoms with Crippen LogP contribution < -0.4 is 5.32 Å². The van der Waals surface area contributed by atoms with Crippen molar-refractivity contribution in [3.05, 3.63) is 65.0 Å². The summed E-state index contributed by atoms with van der Waals surface area (Å²) >= 11 is 5.88. The molecule has 1 amide bonds. The van der Waals surface area contributed by atoms with Gasteiger partial charge in [-0.05, 0) is 35.3 Å². The van der Waals surface area contributed by atoms with Crippen LogP contribution >= 0.6 is 11.6 Å². The molecule has 2 rings (SSSR count). The Morgan fingerprint density at radius 1 is 1.24 bits per heavy atom. The van der Waals surface area contributed by atoms with Crippen molar-refractivity contribution in [1.29, 1.82) is 0 Å². The van der Waals surface area contributed by atoms with Crippen LogP contribution in [0.15, 0.2) is 48.7 Å². The average molecular weight is 301 g/mol. The van der Waals surface area contributed by atoms with Gasteiger partial charge in [0.1, 0.15) is 0 Å². The zero-order valence-electron chi connectivity index (χ0n) is 12.0. The third kappa shape index (κ3) is 4.43. The second kappa shape index (κ2) is 7.04. The van der Waals surface area contributed by atoms with E-state index in [1.807, 2.05) is 12.1 Å². The molecule has 108 valence electrons. The summed E-state index contributed by atoms with van der Waals surface area (Å²) in [5, 5.41) is 2.97. The molecule has 0 radical (unpaired) electrons. The number of anilines is 1. The van der Waals surface area contributed by atoms with E-state index in [1.54, 1.807) is 24.4 Å². The number of carbonyl (C=O) groups excluding carboxylic acids is 1. The van der Waals surface area contributed by atoms with E-state index in [0.29, 0.717) is 11.6 Å². The molecule has 1 aromatic heterocycles. The lowest BCUT2D eigenvalue weighted by atomic mass is 10.0. The summed E-state index contributed by atoms with van der Waals surface area (Å²) in [7, 11) is 0. The molecule has 0 aliphatic carbocycles. The lowest BCUT2D eigenvalue weighted by Gasteiger charge is -2.05. The van der Waals surface area contributed by atoms with E-state index in [1.165, 1.54) is 11.6 Å². The van der Waals surface area contributed by atoms with Crippen molar-refractivity contribution >= 4 is 29.3 Å². The van der Waals surface area contributed by atoms with Gasteiger partial charge >= 0.3 is 0 Å². The molecular weight excluding hydrogens is 284 g/mol. The predicted octanol–water partition coefficient (Wildman–Crippen LogP) is 4.51. The maximum atomic E-state index is 11.8. The summed E-state index contributed by atoms with van der Waals surface area (Å²) < 4.78 is 0. The number of carbonyl (C=O) groups is 1. The van der Waals surface area contributed by atoms with Crippen LogP contribution in [-0.4, -0.2) is 10.9 Å². The number of nitrogens with zero attached hydrogens (tertiary/aromatic N) is 1. The Kier molecular flexibility index (Phi) is 5.12. The highest BCUT2D eigenvalue weighted by Crippen LogP contribution is 2.18. The molecule has 21 heavy (non-hydrogen) atoms. The first-order valence-corrected chi connectivity index (χ1v) is 7.13. The van der Waals surface area contributed by atoms with Crippen LogP contribution in [0, 0.1) is 0 Å². The molecule has 2 aromatic rings. The quantitative estimate of drug-likeness (QED) is 0.667. The molecule has 0 unspecified atom stereocenters.